The monoisotopic (exact) mass is 311 g/mol. The van der Waals surface area contributed by atoms with Gasteiger partial charge in [0.25, 0.3) is 0 Å². The Bertz CT molecular complexity index is 780. The normalized spacial score (nSPS) is 14.1. The van der Waals surface area contributed by atoms with Crippen molar-refractivity contribution in [3.63, 3.8) is 0 Å². The fraction of sp³-hybridized carbons (Fsp3) is 0.235. The molecular weight excluding hydrogens is 294 g/mol. The molecule has 0 atom stereocenters. The van der Waals surface area contributed by atoms with Crippen LogP contribution >= 0.6 is 0 Å². The number of nitrogens with zero attached hydrogens (tertiary/aromatic N) is 1. The van der Waals surface area contributed by atoms with Crippen molar-refractivity contribution in [2.45, 2.75) is 19.3 Å². The van der Waals surface area contributed by atoms with Gasteiger partial charge in [-0.25, -0.2) is 0 Å². The quantitative estimate of drug-likeness (QED) is 0.901. The summed E-state index contributed by atoms with van der Waals surface area (Å²) < 4.78 is 0. The molecule has 118 valence electrons. The van der Waals surface area contributed by atoms with E-state index in [1.165, 1.54) is 18.5 Å². The average Bonchev–Trinajstić information content (AvgIpc) is 2.96. The van der Waals surface area contributed by atoms with Crippen molar-refractivity contribution >= 4 is 23.2 Å². The molecule has 6 nitrogen and oxygen atoms in total. The first kappa shape index (κ1) is 15.0. The van der Waals surface area contributed by atoms with Crippen molar-refractivity contribution in [2.75, 3.05) is 16.8 Å². The summed E-state index contributed by atoms with van der Waals surface area (Å²) in [6.45, 7) is 0.745. The third-order valence-corrected chi connectivity index (χ3v) is 3.78. The molecule has 2 aromatic rings. The van der Waals surface area contributed by atoms with Crippen LogP contribution < -0.4 is 15.6 Å². The Morgan fingerprint density at radius 3 is 2.61 bits per heavy atom. The van der Waals surface area contributed by atoms with Crippen LogP contribution in [-0.4, -0.2) is 23.3 Å². The summed E-state index contributed by atoms with van der Waals surface area (Å²) in [6, 6.07) is 8.71. The molecule has 1 saturated heterocycles. The molecule has 1 aromatic carbocycles. The van der Waals surface area contributed by atoms with Crippen molar-refractivity contribution < 1.29 is 9.59 Å². The van der Waals surface area contributed by atoms with Crippen LogP contribution in [0.15, 0.2) is 47.5 Å². The summed E-state index contributed by atoms with van der Waals surface area (Å²) in [5.41, 5.74) is 1.68. The summed E-state index contributed by atoms with van der Waals surface area (Å²) in [7, 11) is 0. The molecule has 0 unspecified atom stereocenters. The smallest absolute Gasteiger partial charge is 0.228 e. The summed E-state index contributed by atoms with van der Waals surface area (Å²) in [4.78, 5) is 39.8. The fourth-order valence-corrected chi connectivity index (χ4v) is 2.61. The van der Waals surface area contributed by atoms with Crippen LogP contribution in [0.4, 0.5) is 11.4 Å². The van der Waals surface area contributed by atoms with Crippen LogP contribution in [0.3, 0.4) is 0 Å². The van der Waals surface area contributed by atoms with E-state index in [0.717, 1.165) is 24.2 Å². The number of hydrogen-bond acceptors (Lipinski definition) is 3. The minimum absolute atomic E-state index is 0.138. The van der Waals surface area contributed by atoms with E-state index in [4.69, 9.17) is 0 Å². The predicted octanol–water partition coefficient (Wildman–Crippen LogP) is 1.68. The predicted molar refractivity (Wildman–Crippen MR) is 87.4 cm³/mol. The van der Waals surface area contributed by atoms with Gasteiger partial charge in [-0.15, -0.1) is 0 Å². The van der Waals surface area contributed by atoms with Crippen molar-refractivity contribution in [3.8, 4) is 0 Å². The maximum absolute atomic E-state index is 12.0. The highest BCUT2D eigenvalue weighted by molar-refractivity contribution is 5.95. The second-order valence-electron chi connectivity index (χ2n) is 5.46. The van der Waals surface area contributed by atoms with E-state index in [1.807, 2.05) is 24.3 Å². The lowest BCUT2D eigenvalue weighted by Gasteiger charge is -2.15. The van der Waals surface area contributed by atoms with Gasteiger partial charge in [-0.2, -0.15) is 0 Å². The van der Waals surface area contributed by atoms with Crippen molar-refractivity contribution in [1.82, 2.24) is 4.98 Å². The molecule has 0 bridgehead atoms. The molecule has 3 rings (SSSR count). The lowest BCUT2D eigenvalue weighted by molar-refractivity contribution is -0.117. The number of rotatable bonds is 4. The number of carbonyl (C=O) groups excluding carboxylic acids is 2. The van der Waals surface area contributed by atoms with Crippen LogP contribution in [0.1, 0.15) is 18.4 Å². The number of amides is 2. The molecule has 0 spiro atoms. The summed E-state index contributed by atoms with van der Waals surface area (Å²) in [5, 5.41) is 2.59. The number of anilines is 2. The Hall–Kier alpha value is -2.89. The third kappa shape index (κ3) is 3.48. The number of pyridine rings is 1. The van der Waals surface area contributed by atoms with Gasteiger partial charge in [-0.3, -0.25) is 14.4 Å². The summed E-state index contributed by atoms with van der Waals surface area (Å²) in [6.07, 6.45) is 4.62. The molecule has 2 N–H and O–H groups in total. The van der Waals surface area contributed by atoms with Gasteiger partial charge >= 0.3 is 0 Å². The molecule has 0 saturated carbocycles. The van der Waals surface area contributed by atoms with E-state index in [0.29, 0.717) is 6.42 Å². The highest BCUT2D eigenvalue weighted by atomic mass is 16.2. The molecule has 1 aliphatic rings. The van der Waals surface area contributed by atoms with Crippen molar-refractivity contribution in [2.24, 2.45) is 0 Å². The first-order chi connectivity index (χ1) is 11.1. The second-order valence-corrected chi connectivity index (χ2v) is 5.46. The van der Waals surface area contributed by atoms with Crippen LogP contribution in [-0.2, 0) is 16.0 Å². The molecule has 1 aliphatic heterocycles. The number of H-pyrrole nitrogens is 1. The minimum Gasteiger partial charge on any atom is -0.366 e. The highest BCUT2D eigenvalue weighted by Crippen LogP contribution is 2.21. The lowest BCUT2D eigenvalue weighted by Crippen LogP contribution is -2.23. The molecule has 2 amide bonds. The topological polar surface area (TPSA) is 82.3 Å². The summed E-state index contributed by atoms with van der Waals surface area (Å²) in [5.74, 6) is -0.120. The molecular formula is C17H17N3O3. The van der Waals surface area contributed by atoms with E-state index in [9.17, 15) is 14.4 Å². The SMILES string of the molecule is O=C(Cc1ccc(N2CCCC2=O)cc1)Nc1c[nH]ccc1=O. The Labute approximate surface area is 133 Å². The first-order valence-electron chi connectivity index (χ1n) is 7.50. The molecule has 6 heteroatoms. The van der Waals surface area contributed by atoms with Gasteiger partial charge < -0.3 is 15.2 Å². The minimum atomic E-state index is -0.258. The zero-order valence-electron chi connectivity index (χ0n) is 12.5. The number of hydrogen-bond donors (Lipinski definition) is 2. The average molecular weight is 311 g/mol. The van der Waals surface area contributed by atoms with E-state index in [-0.39, 0.29) is 29.4 Å². The van der Waals surface area contributed by atoms with Crippen molar-refractivity contribution in [1.29, 1.82) is 0 Å². The Balaban J connectivity index is 1.64. The van der Waals surface area contributed by atoms with Gasteiger partial charge in [0.15, 0.2) is 0 Å². The van der Waals surface area contributed by atoms with Crippen molar-refractivity contribution in [3.05, 3.63) is 58.5 Å². The molecule has 1 aromatic heterocycles. The van der Waals surface area contributed by atoms with Gasteiger partial charge in [0.2, 0.25) is 17.2 Å². The highest BCUT2D eigenvalue weighted by Gasteiger charge is 2.21. The van der Waals surface area contributed by atoms with E-state index in [1.54, 1.807) is 4.90 Å². The standard InChI is InChI=1S/C17H17N3O3/c21-15-7-8-18-11-14(15)19-16(22)10-12-3-5-13(6-4-12)20-9-1-2-17(20)23/h3-8,11H,1-2,9-10H2,(H,18,21)(H,19,22). The molecule has 1 fully saturated rings. The maximum Gasteiger partial charge on any atom is 0.228 e. The Morgan fingerprint density at radius 2 is 1.96 bits per heavy atom. The number of carbonyl (C=O) groups is 2. The van der Waals surface area contributed by atoms with Gasteiger partial charge in [0.05, 0.1) is 6.42 Å². The Kier molecular flexibility index (Phi) is 4.23. The van der Waals surface area contributed by atoms with Gasteiger partial charge in [0, 0.05) is 37.1 Å². The van der Waals surface area contributed by atoms with Crippen LogP contribution in [0.5, 0.6) is 0 Å². The van der Waals surface area contributed by atoms with Gasteiger partial charge in [-0.1, -0.05) is 12.1 Å². The van der Waals surface area contributed by atoms with Crippen LogP contribution in [0, 0.1) is 0 Å². The zero-order valence-corrected chi connectivity index (χ0v) is 12.5. The number of aromatic amines is 1. The maximum atomic E-state index is 12.0. The molecule has 0 radical (unpaired) electrons. The number of nitrogens with one attached hydrogen (secondary N) is 2. The number of aromatic nitrogens is 1. The van der Waals surface area contributed by atoms with Gasteiger partial charge in [0.1, 0.15) is 5.69 Å². The second kappa shape index (κ2) is 6.48. The molecule has 23 heavy (non-hydrogen) atoms. The summed E-state index contributed by atoms with van der Waals surface area (Å²) >= 11 is 0. The molecule has 2 heterocycles. The number of benzene rings is 1. The fourth-order valence-electron chi connectivity index (χ4n) is 2.61. The molecule has 0 aliphatic carbocycles. The van der Waals surface area contributed by atoms with Crippen LogP contribution in [0.2, 0.25) is 0 Å². The zero-order chi connectivity index (χ0) is 16.2. The lowest BCUT2D eigenvalue weighted by atomic mass is 10.1. The largest absolute Gasteiger partial charge is 0.366 e. The third-order valence-electron chi connectivity index (χ3n) is 3.78. The van der Waals surface area contributed by atoms with E-state index in [2.05, 4.69) is 10.3 Å². The van der Waals surface area contributed by atoms with E-state index < -0.39 is 0 Å². The van der Waals surface area contributed by atoms with Crippen LogP contribution in [0.25, 0.3) is 0 Å². The van der Waals surface area contributed by atoms with E-state index >= 15 is 0 Å². The first-order valence-corrected chi connectivity index (χ1v) is 7.50. The Morgan fingerprint density at radius 1 is 1.17 bits per heavy atom. The van der Waals surface area contributed by atoms with Gasteiger partial charge in [-0.05, 0) is 24.1 Å².